The minimum Gasteiger partial charge on any atom is -0.496 e. The van der Waals surface area contributed by atoms with Crippen molar-refractivity contribution in [1.82, 2.24) is 9.61 Å². The average Bonchev–Trinajstić information content (AvgIpc) is 3.46. The highest BCUT2D eigenvalue weighted by atomic mass is 32.1. The number of fused-ring (bicyclic) bond motifs is 1. The Hall–Kier alpha value is -2.49. The predicted molar refractivity (Wildman–Crippen MR) is 142 cm³/mol. The van der Waals surface area contributed by atoms with Gasteiger partial charge in [0.25, 0.3) is 5.88 Å². The van der Waals surface area contributed by atoms with Crippen molar-refractivity contribution in [3.8, 4) is 28.6 Å². The summed E-state index contributed by atoms with van der Waals surface area (Å²) in [6.07, 6.45) is 5.97. The highest BCUT2D eigenvalue weighted by molar-refractivity contribution is 7.16. The van der Waals surface area contributed by atoms with E-state index in [1.165, 1.54) is 19.3 Å². The molecule has 1 saturated carbocycles. The van der Waals surface area contributed by atoms with E-state index < -0.39 is 0 Å². The van der Waals surface area contributed by atoms with E-state index >= 15 is 0 Å². The van der Waals surface area contributed by atoms with Gasteiger partial charge in [0.1, 0.15) is 22.0 Å². The summed E-state index contributed by atoms with van der Waals surface area (Å²) in [5.74, 6) is 2.86. The van der Waals surface area contributed by atoms with Crippen molar-refractivity contribution in [3.63, 3.8) is 0 Å². The molecule has 0 amide bonds. The Labute approximate surface area is 217 Å². The van der Waals surface area contributed by atoms with Crippen LogP contribution in [0.1, 0.15) is 44.6 Å². The third kappa shape index (κ3) is 4.76. The molecule has 8 nitrogen and oxygen atoms in total. The quantitative estimate of drug-likeness (QED) is 0.338. The molecular formula is C27H37N3O5S. The number of thiazole rings is 1. The zero-order chi connectivity index (χ0) is 25.1. The molecule has 0 radical (unpaired) electrons. The average molecular weight is 516 g/mol. The summed E-state index contributed by atoms with van der Waals surface area (Å²) in [6, 6.07) is 4.46. The van der Waals surface area contributed by atoms with Gasteiger partial charge in [0.05, 0.1) is 39.2 Å². The molecule has 3 heterocycles. The first-order valence-electron chi connectivity index (χ1n) is 12.9. The van der Waals surface area contributed by atoms with Crippen molar-refractivity contribution in [2.24, 2.45) is 5.92 Å². The van der Waals surface area contributed by atoms with Crippen molar-refractivity contribution < 1.29 is 23.7 Å². The topological polar surface area (TPSA) is 66.7 Å². The van der Waals surface area contributed by atoms with Crippen LogP contribution in [0.4, 0.5) is 5.69 Å². The largest absolute Gasteiger partial charge is 0.496 e. The van der Waals surface area contributed by atoms with Gasteiger partial charge < -0.3 is 28.6 Å². The number of hydrogen-bond donors (Lipinski definition) is 0. The van der Waals surface area contributed by atoms with E-state index in [0.717, 1.165) is 77.4 Å². The fourth-order valence-corrected chi connectivity index (χ4v) is 6.25. The summed E-state index contributed by atoms with van der Waals surface area (Å²) in [7, 11) is 5.09. The highest BCUT2D eigenvalue weighted by Crippen LogP contribution is 2.46. The fourth-order valence-electron chi connectivity index (χ4n) is 5.25. The molecule has 2 aliphatic rings. The maximum absolute atomic E-state index is 5.88. The van der Waals surface area contributed by atoms with Gasteiger partial charge in [0.15, 0.2) is 0 Å². The number of methoxy groups -OCH3 is 3. The Bertz CT molecular complexity index is 1140. The molecule has 0 N–H and O–H groups in total. The molecule has 2 fully saturated rings. The second-order valence-electron chi connectivity index (χ2n) is 9.50. The summed E-state index contributed by atoms with van der Waals surface area (Å²) in [5.41, 5.74) is 3.90. The molecular weight excluding hydrogens is 478 g/mol. The second kappa shape index (κ2) is 11.3. The van der Waals surface area contributed by atoms with E-state index in [-0.39, 0.29) is 0 Å². The van der Waals surface area contributed by atoms with Gasteiger partial charge in [0, 0.05) is 37.8 Å². The molecule has 0 bridgehead atoms. The zero-order valence-corrected chi connectivity index (χ0v) is 22.6. The van der Waals surface area contributed by atoms with Crippen LogP contribution in [0.2, 0.25) is 0 Å². The molecule has 196 valence electrons. The van der Waals surface area contributed by atoms with E-state index in [9.17, 15) is 0 Å². The molecule has 3 aromatic rings. The first-order valence-corrected chi connectivity index (χ1v) is 13.8. The number of aromatic nitrogens is 2. The van der Waals surface area contributed by atoms with Crippen LogP contribution >= 0.6 is 11.3 Å². The van der Waals surface area contributed by atoms with Gasteiger partial charge in [-0.05, 0) is 56.2 Å². The number of anilines is 1. The first-order chi connectivity index (χ1) is 17.7. The van der Waals surface area contributed by atoms with Crippen LogP contribution in [0, 0.1) is 5.92 Å². The van der Waals surface area contributed by atoms with E-state index in [4.69, 9.17) is 28.8 Å². The monoisotopic (exact) mass is 515 g/mol. The van der Waals surface area contributed by atoms with Crippen molar-refractivity contribution >= 4 is 21.9 Å². The maximum atomic E-state index is 5.88. The smallest absolute Gasteiger partial charge is 0.258 e. The number of ether oxygens (including phenoxy) is 5. The minimum absolute atomic E-state index is 0.425. The van der Waals surface area contributed by atoms with Crippen LogP contribution in [-0.4, -0.2) is 63.4 Å². The van der Waals surface area contributed by atoms with Gasteiger partial charge in [0.2, 0.25) is 0 Å². The summed E-state index contributed by atoms with van der Waals surface area (Å²) in [6.45, 7) is 5.78. The normalized spacial score (nSPS) is 16.8. The molecule has 9 heteroatoms. The fraction of sp³-hybridized carbons (Fsp3) is 0.593. The van der Waals surface area contributed by atoms with Crippen LogP contribution in [0.3, 0.4) is 0 Å². The van der Waals surface area contributed by atoms with Crippen molar-refractivity contribution in [1.29, 1.82) is 0 Å². The minimum atomic E-state index is 0.425. The molecule has 0 atom stereocenters. The third-order valence-electron chi connectivity index (χ3n) is 7.39. The summed E-state index contributed by atoms with van der Waals surface area (Å²) < 4.78 is 30.9. The lowest BCUT2D eigenvalue weighted by Crippen LogP contribution is -2.43. The van der Waals surface area contributed by atoms with Crippen molar-refractivity contribution in [3.05, 3.63) is 23.1 Å². The van der Waals surface area contributed by atoms with Gasteiger partial charge in [-0.25, -0.2) is 4.52 Å². The summed E-state index contributed by atoms with van der Waals surface area (Å²) >= 11 is 1.68. The van der Waals surface area contributed by atoms with Gasteiger partial charge in [-0.15, -0.1) is 16.4 Å². The predicted octanol–water partition coefficient (Wildman–Crippen LogP) is 5.41. The molecule has 1 saturated heterocycles. The van der Waals surface area contributed by atoms with Crippen LogP contribution < -0.4 is 19.1 Å². The van der Waals surface area contributed by atoms with Crippen LogP contribution in [-0.2, 0) is 16.1 Å². The van der Waals surface area contributed by atoms with Crippen LogP contribution in [0.25, 0.3) is 16.1 Å². The van der Waals surface area contributed by atoms with E-state index in [1.54, 1.807) is 32.7 Å². The van der Waals surface area contributed by atoms with Crippen molar-refractivity contribution in [2.45, 2.75) is 51.7 Å². The van der Waals surface area contributed by atoms with Crippen molar-refractivity contribution in [2.75, 3.05) is 52.6 Å². The molecule has 36 heavy (non-hydrogen) atoms. The molecule has 5 rings (SSSR count). The highest BCUT2D eigenvalue weighted by Gasteiger charge is 2.33. The summed E-state index contributed by atoms with van der Waals surface area (Å²) in [4.78, 5) is 3.64. The van der Waals surface area contributed by atoms with Gasteiger partial charge in [-0.1, -0.05) is 6.42 Å². The Morgan fingerprint density at radius 3 is 2.36 bits per heavy atom. The Kier molecular flexibility index (Phi) is 7.88. The number of nitrogens with zero attached hydrogens (tertiary/aromatic N) is 3. The third-order valence-corrected chi connectivity index (χ3v) is 8.32. The van der Waals surface area contributed by atoms with E-state index in [1.807, 2.05) is 23.6 Å². The lowest BCUT2D eigenvalue weighted by atomic mass is 9.84. The zero-order valence-electron chi connectivity index (χ0n) is 21.7. The number of benzene rings is 1. The van der Waals surface area contributed by atoms with Crippen LogP contribution in [0.15, 0.2) is 17.5 Å². The molecule has 2 aromatic heterocycles. The van der Waals surface area contributed by atoms with Gasteiger partial charge in [-0.3, -0.25) is 0 Å². The molecule has 0 unspecified atom stereocenters. The number of hydrogen-bond acceptors (Lipinski definition) is 8. The lowest BCUT2D eigenvalue weighted by Gasteiger charge is -2.40. The Morgan fingerprint density at radius 2 is 1.78 bits per heavy atom. The molecule has 1 aliphatic carbocycles. The molecule has 1 aliphatic heterocycles. The molecule has 1 aromatic carbocycles. The Morgan fingerprint density at radius 1 is 1.06 bits per heavy atom. The maximum Gasteiger partial charge on any atom is 0.258 e. The standard InChI is InChI=1S/C27H37N3O5S/c1-5-34-16-19-13-22(31-2)24(23(14-19)32-3)21-17-36-27-25(26(33-4)28-30(21)27)29(15-18-7-6-8-18)20-9-11-35-12-10-20/h13-14,17-18,20H,5-12,15-16H2,1-4H3. The lowest BCUT2D eigenvalue weighted by molar-refractivity contribution is 0.0828. The van der Waals surface area contributed by atoms with Gasteiger partial charge in [-0.2, -0.15) is 0 Å². The SMILES string of the molecule is CCOCc1cc(OC)c(-c2csc3c(N(CC4CCC4)C4CCOCC4)c(OC)nn23)c(OC)c1. The van der Waals surface area contributed by atoms with Gasteiger partial charge >= 0.3 is 0 Å². The van der Waals surface area contributed by atoms with E-state index in [0.29, 0.717) is 25.1 Å². The molecule has 0 spiro atoms. The van der Waals surface area contributed by atoms with Crippen LogP contribution in [0.5, 0.6) is 17.4 Å². The Balaban J connectivity index is 1.60. The first kappa shape index (κ1) is 25.2. The summed E-state index contributed by atoms with van der Waals surface area (Å²) in [5, 5.41) is 7.09. The van der Waals surface area contributed by atoms with E-state index in [2.05, 4.69) is 10.3 Å². The second-order valence-corrected chi connectivity index (χ2v) is 10.4. The number of rotatable bonds is 11.